The lowest BCUT2D eigenvalue weighted by Crippen LogP contribution is -2.22. The Kier molecular flexibility index (Phi) is 4.27. The van der Waals surface area contributed by atoms with Crippen molar-refractivity contribution in [1.82, 2.24) is 8.97 Å². The standard InChI is InChI=1S/C22H16N2OS3/c1-14-6-5-7-15(12-14)13-23-20-18(16-8-3-2-4-9-16)28-22(26)24(20)17-10-11-27-19(17)21(23)25/h2-12H,13H2,1H3. The van der Waals surface area contributed by atoms with E-state index in [0.717, 1.165) is 35.8 Å². The summed E-state index contributed by atoms with van der Waals surface area (Å²) in [6.07, 6.45) is 0. The zero-order valence-corrected chi connectivity index (χ0v) is 17.5. The van der Waals surface area contributed by atoms with Crippen molar-refractivity contribution < 1.29 is 0 Å². The van der Waals surface area contributed by atoms with E-state index < -0.39 is 0 Å². The van der Waals surface area contributed by atoms with E-state index >= 15 is 0 Å². The quantitative estimate of drug-likeness (QED) is 0.328. The Labute approximate surface area is 174 Å². The molecular weight excluding hydrogens is 404 g/mol. The van der Waals surface area contributed by atoms with Gasteiger partial charge in [-0.3, -0.25) is 13.8 Å². The summed E-state index contributed by atoms with van der Waals surface area (Å²) < 4.78 is 5.44. The van der Waals surface area contributed by atoms with Gasteiger partial charge in [0.05, 0.1) is 16.9 Å². The van der Waals surface area contributed by atoms with E-state index in [0.29, 0.717) is 6.54 Å². The maximum absolute atomic E-state index is 13.4. The van der Waals surface area contributed by atoms with Crippen molar-refractivity contribution in [1.29, 1.82) is 0 Å². The van der Waals surface area contributed by atoms with Gasteiger partial charge < -0.3 is 0 Å². The molecule has 6 heteroatoms. The molecule has 28 heavy (non-hydrogen) atoms. The van der Waals surface area contributed by atoms with Crippen molar-refractivity contribution in [3.05, 3.63) is 91.5 Å². The maximum Gasteiger partial charge on any atom is 0.271 e. The maximum atomic E-state index is 13.4. The number of fused-ring (bicyclic) bond motifs is 3. The largest absolute Gasteiger partial charge is 0.287 e. The Bertz CT molecular complexity index is 1440. The zero-order chi connectivity index (χ0) is 19.3. The van der Waals surface area contributed by atoms with Gasteiger partial charge in [0.1, 0.15) is 10.3 Å². The normalized spacial score (nSPS) is 11.5. The predicted molar refractivity (Wildman–Crippen MR) is 121 cm³/mol. The SMILES string of the molecule is Cc1cccc(Cn2c(=O)c3sccc3n3c(=S)sc(-c4ccccc4)c23)c1. The van der Waals surface area contributed by atoms with Crippen LogP contribution >= 0.6 is 34.9 Å². The van der Waals surface area contributed by atoms with Crippen molar-refractivity contribution in [2.24, 2.45) is 0 Å². The molecular formula is C22H16N2OS3. The van der Waals surface area contributed by atoms with Crippen LogP contribution in [0.4, 0.5) is 0 Å². The fraction of sp³-hybridized carbons (Fsp3) is 0.0909. The molecule has 0 amide bonds. The summed E-state index contributed by atoms with van der Waals surface area (Å²) in [5.41, 5.74) is 5.18. The molecule has 5 aromatic rings. The molecule has 0 aliphatic carbocycles. The topological polar surface area (TPSA) is 26.4 Å². The van der Waals surface area contributed by atoms with Gasteiger partial charge in [-0.05, 0) is 41.7 Å². The first-order valence-corrected chi connectivity index (χ1v) is 11.0. The van der Waals surface area contributed by atoms with Crippen LogP contribution in [0.5, 0.6) is 0 Å². The zero-order valence-electron chi connectivity index (χ0n) is 15.1. The smallest absolute Gasteiger partial charge is 0.271 e. The summed E-state index contributed by atoms with van der Waals surface area (Å²) in [5, 5.41) is 1.96. The second kappa shape index (κ2) is 6.81. The van der Waals surface area contributed by atoms with Gasteiger partial charge in [-0.15, -0.1) is 22.7 Å². The molecule has 0 aliphatic rings. The minimum atomic E-state index is 0.0384. The molecule has 138 valence electrons. The van der Waals surface area contributed by atoms with Crippen LogP contribution in [-0.4, -0.2) is 8.97 Å². The highest BCUT2D eigenvalue weighted by atomic mass is 32.1. The van der Waals surface area contributed by atoms with E-state index in [1.54, 1.807) is 11.3 Å². The van der Waals surface area contributed by atoms with Gasteiger partial charge in [-0.1, -0.05) is 60.2 Å². The second-order valence-corrected chi connectivity index (χ2v) is 9.30. The summed E-state index contributed by atoms with van der Waals surface area (Å²) in [5.74, 6) is 0. The second-order valence-electron chi connectivity index (χ2n) is 6.74. The molecule has 2 aromatic carbocycles. The van der Waals surface area contributed by atoms with Crippen molar-refractivity contribution in [3.8, 4) is 10.4 Å². The molecule has 0 saturated heterocycles. The average Bonchev–Trinajstić information content (AvgIpc) is 3.30. The first-order chi connectivity index (χ1) is 13.6. The first-order valence-electron chi connectivity index (χ1n) is 8.90. The lowest BCUT2D eigenvalue weighted by molar-refractivity contribution is 0.781. The number of nitrogens with zero attached hydrogens (tertiary/aromatic N) is 2. The number of rotatable bonds is 3. The Morgan fingerprint density at radius 2 is 1.86 bits per heavy atom. The number of aryl methyl sites for hydroxylation is 1. The fourth-order valence-electron chi connectivity index (χ4n) is 3.60. The van der Waals surface area contributed by atoms with Gasteiger partial charge >= 0.3 is 0 Å². The Morgan fingerprint density at radius 3 is 2.64 bits per heavy atom. The Morgan fingerprint density at radius 1 is 1.04 bits per heavy atom. The van der Waals surface area contributed by atoms with Crippen LogP contribution in [0, 0.1) is 10.9 Å². The highest BCUT2D eigenvalue weighted by Crippen LogP contribution is 2.34. The third kappa shape index (κ3) is 2.76. The molecule has 0 unspecified atom stereocenters. The molecule has 0 saturated carbocycles. The number of thiazole rings is 1. The van der Waals surface area contributed by atoms with Gasteiger partial charge in [0.25, 0.3) is 5.56 Å². The van der Waals surface area contributed by atoms with Gasteiger partial charge in [0.15, 0.2) is 3.95 Å². The number of hydrogen-bond acceptors (Lipinski definition) is 4. The molecule has 0 N–H and O–H groups in total. The molecule has 3 aromatic heterocycles. The van der Waals surface area contributed by atoms with Gasteiger partial charge in [0.2, 0.25) is 0 Å². The predicted octanol–water partition coefficient (Wildman–Crippen LogP) is 6.13. The molecule has 0 aliphatic heterocycles. The summed E-state index contributed by atoms with van der Waals surface area (Å²) in [7, 11) is 0. The van der Waals surface area contributed by atoms with Gasteiger partial charge in [-0.25, -0.2) is 0 Å². The van der Waals surface area contributed by atoms with Crippen LogP contribution in [0.25, 0.3) is 26.3 Å². The summed E-state index contributed by atoms with van der Waals surface area (Å²) in [6, 6.07) is 20.5. The molecule has 0 fully saturated rings. The number of aromatic nitrogens is 2. The van der Waals surface area contributed by atoms with E-state index in [4.69, 9.17) is 12.2 Å². The third-order valence-corrected chi connectivity index (χ3v) is 7.13. The van der Waals surface area contributed by atoms with Crippen LogP contribution in [-0.2, 0) is 6.54 Å². The van der Waals surface area contributed by atoms with Crippen LogP contribution in [0.3, 0.4) is 0 Å². The molecule has 0 radical (unpaired) electrons. The number of thiophene rings is 1. The number of hydrogen-bond donors (Lipinski definition) is 0. The summed E-state index contributed by atoms with van der Waals surface area (Å²) >= 11 is 8.76. The van der Waals surface area contributed by atoms with Crippen molar-refractivity contribution in [2.45, 2.75) is 13.5 Å². The van der Waals surface area contributed by atoms with Crippen LogP contribution in [0.1, 0.15) is 11.1 Å². The van der Waals surface area contributed by atoms with Gasteiger partial charge in [-0.2, -0.15) is 0 Å². The molecule has 0 spiro atoms. The van der Waals surface area contributed by atoms with Crippen LogP contribution < -0.4 is 5.56 Å². The highest BCUT2D eigenvalue weighted by molar-refractivity contribution is 7.73. The molecule has 0 atom stereocenters. The van der Waals surface area contributed by atoms with E-state index in [2.05, 4.69) is 41.7 Å². The van der Waals surface area contributed by atoms with E-state index in [1.807, 2.05) is 40.3 Å². The van der Waals surface area contributed by atoms with Crippen LogP contribution in [0.15, 0.2) is 70.8 Å². The molecule has 3 heterocycles. The highest BCUT2D eigenvalue weighted by Gasteiger charge is 2.19. The minimum absolute atomic E-state index is 0.0384. The first kappa shape index (κ1) is 17.6. The Balaban J connectivity index is 1.90. The van der Waals surface area contributed by atoms with E-state index in [1.165, 1.54) is 16.9 Å². The van der Waals surface area contributed by atoms with E-state index in [-0.39, 0.29) is 5.56 Å². The van der Waals surface area contributed by atoms with Crippen molar-refractivity contribution in [2.75, 3.05) is 0 Å². The fourth-order valence-corrected chi connectivity index (χ4v) is 5.85. The van der Waals surface area contributed by atoms with E-state index in [9.17, 15) is 4.79 Å². The Hall–Kier alpha value is -2.54. The summed E-state index contributed by atoms with van der Waals surface area (Å²) in [6.45, 7) is 2.59. The number of benzene rings is 2. The monoisotopic (exact) mass is 420 g/mol. The van der Waals surface area contributed by atoms with Crippen LogP contribution in [0.2, 0.25) is 0 Å². The molecule has 0 bridgehead atoms. The minimum Gasteiger partial charge on any atom is -0.287 e. The van der Waals surface area contributed by atoms with Crippen molar-refractivity contribution in [3.63, 3.8) is 0 Å². The molecule has 5 rings (SSSR count). The van der Waals surface area contributed by atoms with Crippen molar-refractivity contribution >= 4 is 50.8 Å². The lowest BCUT2D eigenvalue weighted by Gasteiger charge is -2.12. The van der Waals surface area contributed by atoms with Gasteiger partial charge in [0, 0.05) is 0 Å². The molecule has 3 nitrogen and oxygen atoms in total. The summed E-state index contributed by atoms with van der Waals surface area (Å²) in [4.78, 5) is 14.4. The lowest BCUT2D eigenvalue weighted by atomic mass is 10.1. The average molecular weight is 421 g/mol. The third-order valence-electron chi connectivity index (χ3n) is 4.83.